The van der Waals surface area contributed by atoms with E-state index < -0.39 is 5.97 Å². The van der Waals surface area contributed by atoms with Gasteiger partial charge in [-0.25, -0.2) is 4.79 Å². The molecule has 0 aromatic heterocycles. The van der Waals surface area contributed by atoms with E-state index in [0.29, 0.717) is 6.42 Å². The zero-order valence-electron chi connectivity index (χ0n) is 10.9. The van der Waals surface area contributed by atoms with Crippen molar-refractivity contribution < 1.29 is 9.90 Å². The molecule has 0 saturated heterocycles. The lowest BCUT2D eigenvalue weighted by atomic mass is 9.98. The van der Waals surface area contributed by atoms with Crippen molar-refractivity contribution in [2.24, 2.45) is 0 Å². The largest absolute Gasteiger partial charge is 0.478 e. The number of benzene rings is 2. The Bertz CT molecular complexity index is 601. The van der Waals surface area contributed by atoms with Crippen LogP contribution in [0.4, 0.5) is 0 Å². The predicted octanol–water partition coefficient (Wildman–Crippen LogP) is 4.55. The molecule has 2 rings (SSSR count). The Kier molecular flexibility index (Phi) is 5.13. The quantitative estimate of drug-likeness (QED) is 0.816. The smallest absolute Gasteiger partial charge is 0.328 e. The average molecular weight is 331 g/mol. The molecule has 2 aromatic carbocycles. The molecule has 0 aliphatic rings. The van der Waals surface area contributed by atoms with Crippen molar-refractivity contribution in [3.8, 4) is 0 Å². The lowest BCUT2D eigenvalue weighted by Gasteiger charge is -2.07. The van der Waals surface area contributed by atoms with Crippen molar-refractivity contribution in [1.82, 2.24) is 0 Å². The topological polar surface area (TPSA) is 37.3 Å². The highest BCUT2D eigenvalue weighted by Gasteiger charge is 2.05. The molecule has 0 spiro atoms. The molecule has 0 amide bonds. The fourth-order valence-corrected chi connectivity index (χ4v) is 2.30. The molecule has 0 bridgehead atoms. The van der Waals surface area contributed by atoms with Gasteiger partial charge in [0.2, 0.25) is 0 Å². The number of carbonyl (C=O) groups is 1. The Labute approximate surface area is 126 Å². The van der Waals surface area contributed by atoms with Gasteiger partial charge in [0.1, 0.15) is 0 Å². The summed E-state index contributed by atoms with van der Waals surface area (Å²) in [6.07, 6.45) is 2.83. The fourth-order valence-electron chi connectivity index (χ4n) is 2.03. The summed E-state index contributed by atoms with van der Waals surface area (Å²) in [5.74, 6) is -0.903. The lowest BCUT2D eigenvalue weighted by Crippen LogP contribution is -1.95. The Hall–Kier alpha value is -1.87. The van der Waals surface area contributed by atoms with E-state index >= 15 is 0 Å². The molecule has 3 heteroatoms. The SMILES string of the molecule is O=C(O)/C=C(\CCc1ccc(Br)cc1)c1ccccc1. The Morgan fingerprint density at radius 3 is 2.30 bits per heavy atom. The van der Waals surface area contributed by atoms with Gasteiger partial charge in [0.05, 0.1) is 0 Å². The lowest BCUT2D eigenvalue weighted by molar-refractivity contribution is -0.131. The second-order valence-electron chi connectivity index (χ2n) is 4.50. The van der Waals surface area contributed by atoms with Gasteiger partial charge in [-0.15, -0.1) is 0 Å². The van der Waals surface area contributed by atoms with Crippen LogP contribution in [0.1, 0.15) is 17.5 Å². The van der Waals surface area contributed by atoms with Gasteiger partial charge in [-0.2, -0.15) is 0 Å². The maximum atomic E-state index is 11.0. The number of hydrogen-bond acceptors (Lipinski definition) is 1. The highest BCUT2D eigenvalue weighted by atomic mass is 79.9. The summed E-state index contributed by atoms with van der Waals surface area (Å²) in [4.78, 5) is 11.0. The molecule has 0 fully saturated rings. The number of hydrogen-bond donors (Lipinski definition) is 1. The summed E-state index contributed by atoms with van der Waals surface area (Å²) < 4.78 is 1.05. The Balaban J connectivity index is 2.13. The first-order chi connectivity index (χ1) is 9.65. The van der Waals surface area contributed by atoms with Gasteiger partial charge in [-0.05, 0) is 41.7 Å². The molecule has 0 atom stereocenters. The predicted molar refractivity (Wildman–Crippen MR) is 84.5 cm³/mol. The molecular weight excluding hydrogens is 316 g/mol. The van der Waals surface area contributed by atoms with E-state index in [2.05, 4.69) is 15.9 Å². The number of halogens is 1. The van der Waals surface area contributed by atoms with Gasteiger partial charge in [-0.1, -0.05) is 58.4 Å². The minimum atomic E-state index is -0.903. The van der Waals surface area contributed by atoms with E-state index in [-0.39, 0.29) is 0 Å². The van der Waals surface area contributed by atoms with Gasteiger partial charge in [0.15, 0.2) is 0 Å². The Morgan fingerprint density at radius 1 is 1.05 bits per heavy atom. The van der Waals surface area contributed by atoms with Gasteiger partial charge < -0.3 is 5.11 Å². The number of rotatable bonds is 5. The molecule has 0 heterocycles. The standard InChI is InChI=1S/C17H15BrO2/c18-16-10-7-13(8-11-16)6-9-15(12-17(19)20)14-4-2-1-3-5-14/h1-5,7-8,10-12H,6,9H2,(H,19,20)/b15-12+. The van der Waals surface area contributed by atoms with Crippen LogP contribution >= 0.6 is 15.9 Å². The van der Waals surface area contributed by atoms with Crippen LogP contribution in [-0.2, 0) is 11.2 Å². The molecule has 0 radical (unpaired) electrons. The van der Waals surface area contributed by atoms with E-state index in [0.717, 1.165) is 22.0 Å². The number of aryl methyl sites for hydroxylation is 1. The van der Waals surface area contributed by atoms with Crippen molar-refractivity contribution in [2.75, 3.05) is 0 Å². The van der Waals surface area contributed by atoms with E-state index in [1.807, 2.05) is 54.6 Å². The van der Waals surface area contributed by atoms with Gasteiger partial charge >= 0.3 is 5.97 Å². The van der Waals surface area contributed by atoms with Crippen molar-refractivity contribution in [2.45, 2.75) is 12.8 Å². The van der Waals surface area contributed by atoms with Gasteiger partial charge in [0, 0.05) is 10.5 Å². The van der Waals surface area contributed by atoms with Crippen LogP contribution in [-0.4, -0.2) is 11.1 Å². The Morgan fingerprint density at radius 2 is 1.70 bits per heavy atom. The van der Waals surface area contributed by atoms with Crippen LogP contribution in [0, 0.1) is 0 Å². The molecule has 20 heavy (non-hydrogen) atoms. The van der Waals surface area contributed by atoms with E-state index in [1.54, 1.807) is 0 Å². The highest BCUT2D eigenvalue weighted by molar-refractivity contribution is 9.10. The second kappa shape index (κ2) is 7.06. The van der Waals surface area contributed by atoms with E-state index in [4.69, 9.17) is 5.11 Å². The second-order valence-corrected chi connectivity index (χ2v) is 5.42. The number of aliphatic carboxylic acids is 1. The van der Waals surface area contributed by atoms with Crippen LogP contribution in [0.5, 0.6) is 0 Å². The van der Waals surface area contributed by atoms with E-state index in [9.17, 15) is 4.79 Å². The van der Waals surface area contributed by atoms with Crippen LogP contribution in [0.2, 0.25) is 0 Å². The van der Waals surface area contributed by atoms with Crippen LogP contribution < -0.4 is 0 Å². The first kappa shape index (κ1) is 14.5. The zero-order valence-corrected chi connectivity index (χ0v) is 12.5. The third-order valence-corrected chi connectivity index (χ3v) is 3.57. The number of carboxylic acid groups (broad SMARTS) is 1. The fraction of sp³-hybridized carbons (Fsp3) is 0.118. The summed E-state index contributed by atoms with van der Waals surface area (Å²) in [5, 5.41) is 9.00. The summed E-state index contributed by atoms with van der Waals surface area (Å²) in [6.45, 7) is 0. The first-order valence-corrected chi connectivity index (χ1v) is 7.18. The highest BCUT2D eigenvalue weighted by Crippen LogP contribution is 2.21. The average Bonchev–Trinajstić information content (AvgIpc) is 2.46. The van der Waals surface area contributed by atoms with Gasteiger partial charge in [0.25, 0.3) is 0 Å². The van der Waals surface area contributed by atoms with Crippen molar-refractivity contribution in [3.05, 3.63) is 76.3 Å². The van der Waals surface area contributed by atoms with Crippen LogP contribution in [0.25, 0.3) is 5.57 Å². The minimum absolute atomic E-state index is 0.706. The maximum Gasteiger partial charge on any atom is 0.328 e. The summed E-state index contributed by atoms with van der Waals surface area (Å²) in [7, 11) is 0. The first-order valence-electron chi connectivity index (χ1n) is 6.38. The van der Waals surface area contributed by atoms with Crippen molar-refractivity contribution in [1.29, 1.82) is 0 Å². The molecule has 0 aliphatic carbocycles. The van der Waals surface area contributed by atoms with Crippen molar-refractivity contribution in [3.63, 3.8) is 0 Å². The molecule has 2 nitrogen and oxygen atoms in total. The third-order valence-electron chi connectivity index (χ3n) is 3.04. The van der Waals surface area contributed by atoms with Crippen molar-refractivity contribution >= 4 is 27.5 Å². The monoisotopic (exact) mass is 330 g/mol. The van der Waals surface area contributed by atoms with E-state index in [1.165, 1.54) is 11.6 Å². The van der Waals surface area contributed by atoms with Crippen LogP contribution in [0.3, 0.4) is 0 Å². The number of allylic oxidation sites excluding steroid dienone is 1. The normalized spacial score (nSPS) is 11.3. The molecule has 1 N–H and O–H groups in total. The minimum Gasteiger partial charge on any atom is -0.478 e. The maximum absolute atomic E-state index is 11.0. The summed E-state index contributed by atoms with van der Waals surface area (Å²) >= 11 is 3.41. The third kappa shape index (κ3) is 4.35. The summed E-state index contributed by atoms with van der Waals surface area (Å²) in [6, 6.07) is 17.7. The summed E-state index contributed by atoms with van der Waals surface area (Å²) in [5.41, 5.74) is 3.01. The molecule has 2 aromatic rings. The molecule has 102 valence electrons. The molecule has 0 aliphatic heterocycles. The number of carboxylic acids is 1. The molecule has 0 saturated carbocycles. The molecule has 0 unspecified atom stereocenters. The van der Waals surface area contributed by atoms with Crippen LogP contribution in [0.15, 0.2) is 65.1 Å². The zero-order chi connectivity index (χ0) is 14.4. The van der Waals surface area contributed by atoms with Gasteiger partial charge in [-0.3, -0.25) is 0 Å². The molecular formula is C17H15BrO2.